The predicted molar refractivity (Wildman–Crippen MR) is 146 cm³/mol. The van der Waals surface area contributed by atoms with Gasteiger partial charge in [0.25, 0.3) is 11.8 Å². The molecule has 0 spiro atoms. The summed E-state index contributed by atoms with van der Waals surface area (Å²) in [4.78, 5) is 25.9. The summed E-state index contributed by atoms with van der Waals surface area (Å²) in [6.07, 6.45) is 2.78. The normalized spacial score (nSPS) is 26.1. The molecule has 2 aromatic carbocycles. The number of amides is 2. The zero-order chi connectivity index (χ0) is 29.3. The van der Waals surface area contributed by atoms with Crippen molar-refractivity contribution in [3.05, 3.63) is 58.1 Å². The first kappa shape index (κ1) is 29.8. The fourth-order valence-corrected chi connectivity index (χ4v) is 6.14. The first-order valence-corrected chi connectivity index (χ1v) is 14.0. The van der Waals surface area contributed by atoms with Gasteiger partial charge in [0.2, 0.25) is 0 Å². The van der Waals surface area contributed by atoms with Gasteiger partial charge < -0.3 is 35.3 Å². The third-order valence-corrected chi connectivity index (χ3v) is 8.83. The van der Waals surface area contributed by atoms with E-state index in [1.54, 1.807) is 0 Å². The summed E-state index contributed by atoms with van der Waals surface area (Å²) in [5, 5.41) is 19.8. The van der Waals surface area contributed by atoms with E-state index in [0.29, 0.717) is 45.3 Å². The molecule has 9 nitrogen and oxygen atoms in total. The molecule has 1 aliphatic heterocycles. The number of carbonyl (C=O) groups is 2. The second-order valence-corrected chi connectivity index (χ2v) is 11.9. The van der Waals surface area contributed by atoms with Gasteiger partial charge in [-0.25, -0.2) is 8.78 Å². The van der Waals surface area contributed by atoms with Gasteiger partial charge in [0.15, 0.2) is 13.2 Å². The molecule has 1 saturated heterocycles. The molecule has 2 bridgehead atoms. The molecule has 0 radical (unpaired) electrons. The van der Waals surface area contributed by atoms with Gasteiger partial charge in [0, 0.05) is 23.7 Å². The van der Waals surface area contributed by atoms with Crippen LogP contribution in [0.2, 0.25) is 10.0 Å². The standard InChI is InChI=1S/C28H31Cl2F2N3O6/c29-19-3-1-17(9-21(19)31)40-12-24(37)34-26-5-7-28(8-6-26,23(11-26)33-27(14-36)15-39-16-27)35-25(38)13-41-18-2-4-20(30)22(32)10-18/h1-4,9-10,23,33,36H,5-8,11-16H2,(H,34,37)(H,35,38). The quantitative estimate of drug-likeness (QED) is 0.307. The monoisotopic (exact) mass is 613 g/mol. The van der Waals surface area contributed by atoms with Crippen LogP contribution in [0.4, 0.5) is 8.78 Å². The zero-order valence-electron chi connectivity index (χ0n) is 22.1. The first-order valence-electron chi connectivity index (χ1n) is 13.3. The molecule has 222 valence electrons. The number of halogens is 4. The lowest BCUT2D eigenvalue weighted by atomic mass is 9.58. The number of carbonyl (C=O) groups excluding carboxylic acids is 2. The molecule has 1 heterocycles. The second kappa shape index (κ2) is 11.9. The number of nitrogens with one attached hydrogen (secondary N) is 3. The zero-order valence-corrected chi connectivity index (χ0v) is 23.6. The maximum Gasteiger partial charge on any atom is 0.258 e. The third-order valence-electron chi connectivity index (χ3n) is 8.22. The Kier molecular flexibility index (Phi) is 8.63. The van der Waals surface area contributed by atoms with E-state index in [0.717, 1.165) is 12.1 Å². The number of hydrogen-bond donors (Lipinski definition) is 4. The van der Waals surface area contributed by atoms with Gasteiger partial charge in [-0.3, -0.25) is 9.59 Å². The van der Waals surface area contributed by atoms with E-state index in [-0.39, 0.29) is 59.2 Å². The molecule has 0 aromatic heterocycles. The molecule has 41 heavy (non-hydrogen) atoms. The van der Waals surface area contributed by atoms with E-state index in [9.17, 15) is 23.5 Å². The Morgan fingerprint density at radius 3 is 1.90 bits per heavy atom. The highest BCUT2D eigenvalue weighted by molar-refractivity contribution is 6.31. The summed E-state index contributed by atoms with van der Waals surface area (Å²) in [6.45, 7) is -0.141. The van der Waals surface area contributed by atoms with Gasteiger partial charge in [0.05, 0.1) is 40.9 Å². The fraction of sp³-hybridized carbons (Fsp3) is 0.500. The molecular formula is C28H31Cl2F2N3O6. The van der Waals surface area contributed by atoms with Crippen LogP contribution in [0.15, 0.2) is 36.4 Å². The number of hydrogen-bond acceptors (Lipinski definition) is 7. The second-order valence-electron chi connectivity index (χ2n) is 11.1. The summed E-state index contributed by atoms with van der Waals surface area (Å²) >= 11 is 11.4. The van der Waals surface area contributed by atoms with E-state index in [4.69, 9.17) is 37.4 Å². The maximum atomic E-state index is 13.8. The molecule has 4 aliphatic rings. The van der Waals surface area contributed by atoms with Crippen LogP contribution in [-0.2, 0) is 14.3 Å². The van der Waals surface area contributed by atoms with Crippen LogP contribution >= 0.6 is 23.2 Å². The highest BCUT2D eigenvalue weighted by Gasteiger charge is 2.57. The Labute approximate surface area is 245 Å². The van der Waals surface area contributed by atoms with Crippen molar-refractivity contribution in [1.82, 2.24) is 16.0 Å². The summed E-state index contributed by atoms with van der Waals surface area (Å²) in [5.74, 6) is -1.65. The Morgan fingerprint density at radius 1 is 0.902 bits per heavy atom. The van der Waals surface area contributed by atoms with Gasteiger partial charge >= 0.3 is 0 Å². The van der Waals surface area contributed by atoms with Crippen molar-refractivity contribution in [2.24, 2.45) is 0 Å². The number of aliphatic hydroxyl groups excluding tert-OH is 1. The molecule has 3 saturated carbocycles. The van der Waals surface area contributed by atoms with Crippen LogP contribution in [0.5, 0.6) is 11.5 Å². The SMILES string of the molecule is O=C(COc1ccc(Cl)c(F)c1)NC12CCC(NC(=O)COc3ccc(Cl)c(F)c3)(CC1)C(NC1(CO)COC1)C2. The van der Waals surface area contributed by atoms with Gasteiger partial charge in [-0.1, -0.05) is 23.2 Å². The fourth-order valence-electron chi connectivity index (χ4n) is 5.91. The average molecular weight is 614 g/mol. The number of aliphatic hydroxyl groups is 1. The van der Waals surface area contributed by atoms with Crippen molar-refractivity contribution in [3.8, 4) is 11.5 Å². The maximum absolute atomic E-state index is 13.8. The molecule has 3 aliphatic carbocycles. The summed E-state index contributed by atoms with van der Waals surface area (Å²) in [6, 6.07) is 7.61. The number of ether oxygens (including phenoxy) is 3. The minimum Gasteiger partial charge on any atom is -0.484 e. The van der Waals surface area contributed by atoms with Crippen LogP contribution in [0, 0.1) is 11.6 Å². The van der Waals surface area contributed by atoms with Crippen molar-refractivity contribution >= 4 is 35.0 Å². The van der Waals surface area contributed by atoms with Crippen LogP contribution < -0.4 is 25.4 Å². The summed E-state index contributed by atoms with van der Waals surface area (Å²) < 4.78 is 43.8. The van der Waals surface area contributed by atoms with E-state index in [2.05, 4.69) is 16.0 Å². The lowest BCUT2D eigenvalue weighted by molar-refractivity contribution is -0.137. The van der Waals surface area contributed by atoms with Crippen molar-refractivity contribution in [2.45, 2.75) is 54.8 Å². The molecule has 2 aromatic rings. The average Bonchev–Trinajstić information content (AvgIpc) is 2.93. The van der Waals surface area contributed by atoms with Gasteiger partial charge in [-0.15, -0.1) is 0 Å². The molecule has 13 heteroatoms. The van der Waals surface area contributed by atoms with Gasteiger partial charge in [-0.2, -0.15) is 0 Å². The lowest BCUT2D eigenvalue weighted by Crippen LogP contribution is -2.78. The highest BCUT2D eigenvalue weighted by atomic mass is 35.5. The highest BCUT2D eigenvalue weighted by Crippen LogP contribution is 2.48. The summed E-state index contributed by atoms with van der Waals surface area (Å²) in [7, 11) is 0. The van der Waals surface area contributed by atoms with E-state index < -0.39 is 28.3 Å². The van der Waals surface area contributed by atoms with Crippen LogP contribution in [0.3, 0.4) is 0 Å². The van der Waals surface area contributed by atoms with E-state index in [1.165, 1.54) is 24.3 Å². The Hall–Kier alpha value is -2.70. The molecule has 6 rings (SSSR count). The minimum atomic E-state index is -0.659. The lowest BCUT2D eigenvalue weighted by Gasteiger charge is -2.60. The molecule has 4 fully saturated rings. The Bertz CT molecular complexity index is 1300. The van der Waals surface area contributed by atoms with E-state index >= 15 is 0 Å². The number of benzene rings is 2. The largest absolute Gasteiger partial charge is 0.484 e. The Balaban J connectivity index is 1.24. The predicted octanol–water partition coefficient (Wildman–Crippen LogP) is 3.14. The van der Waals surface area contributed by atoms with Crippen LogP contribution in [-0.4, -0.2) is 72.6 Å². The topological polar surface area (TPSA) is 118 Å². The molecule has 4 N–H and O–H groups in total. The third kappa shape index (κ3) is 6.54. The van der Waals surface area contributed by atoms with Crippen LogP contribution in [0.25, 0.3) is 0 Å². The van der Waals surface area contributed by atoms with Crippen molar-refractivity contribution < 1.29 is 37.7 Å². The number of fused-ring (bicyclic) bond motifs is 3. The minimum absolute atomic E-state index is 0.0397. The molecule has 1 atom stereocenters. The first-order chi connectivity index (χ1) is 19.5. The molecule has 2 amide bonds. The van der Waals surface area contributed by atoms with Crippen LogP contribution in [0.1, 0.15) is 32.1 Å². The van der Waals surface area contributed by atoms with Gasteiger partial charge in [-0.05, 0) is 56.4 Å². The van der Waals surface area contributed by atoms with Gasteiger partial charge in [0.1, 0.15) is 23.1 Å². The van der Waals surface area contributed by atoms with Crippen molar-refractivity contribution in [1.29, 1.82) is 0 Å². The van der Waals surface area contributed by atoms with E-state index in [1.807, 2.05) is 0 Å². The molecular weight excluding hydrogens is 583 g/mol. The number of rotatable bonds is 11. The summed E-state index contributed by atoms with van der Waals surface area (Å²) in [5.41, 5.74) is -1.87. The van der Waals surface area contributed by atoms with Crippen molar-refractivity contribution in [2.75, 3.05) is 33.0 Å². The molecule has 1 unspecified atom stereocenters. The van der Waals surface area contributed by atoms with Crippen molar-refractivity contribution in [3.63, 3.8) is 0 Å². The Morgan fingerprint density at radius 2 is 1.44 bits per heavy atom. The smallest absolute Gasteiger partial charge is 0.258 e.